The summed E-state index contributed by atoms with van der Waals surface area (Å²) in [6.07, 6.45) is 0. The van der Waals surface area contributed by atoms with E-state index in [1.165, 1.54) is 28.6 Å². The van der Waals surface area contributed by atoms with Gasteiger partial charge in [0.15, 0.2) is 0 Å². The highest BCUT2D eigenvalue weighted by Crippen LogP contribution is 2.17. The SMILES string of the molecule is CCN(CC)S(=O)(=O)c1cccc(C(=O)NC(C(=O)NCc2ccccc2)C(C)C)c1. The van der Waals surface area contributed by atoms with E-state index in [1.807, 2.05) is 44.2 Å². The summed E-state index contributed by atoms with van der Waals surface area (Å²) in [6.45, 7) is 8.25. The van der Waals surface area contributed by atoms with Crippen molar-refractivity contribution < 1.29 is 18.0 Å². The van der Waals surface area contributed by atoms with Gasteiger partial charge in [0.05, 0.1) is 4.90 Å². The summed E-state index contributed by atoms with van der Waals surface area (Å²) in [5.41, 5.74) is 1.15. The highest BCUT2D eigenvalue weighted by atomic mass is 32.2. The molecule has 1 unspecified atom stereocenters. The Morgan fingerprint density at radius 1 is 0.968 bits per heavy atom. The van der Waals surface area contributed by atoms with Crippen molar-refractivity contribution in [2.75, 3.05) is 13.1 Å². The minimum absolute atomic E-state index is 0.0541. The summed E-state index contributed by atoms with van der Waals surface area (Å²) in [6, 6.07) is 14.6. The van der Waals surface area contributed by atoms with Crippen LogP contribution in [0.5, 0.6) is 0 Å². The van der Waals surface area contributed by atoms with E-state index in [-0.39, 0.29) is 22.3 Å². The molecule has 2 aromatic rings. The molecule has 168 valence electrons. The molecule has 0 heterocycles. The van der Waals surface area contributed by atoms with Crippen molar-refractivity contribution in [3.8, 4) is 0 Å². The molecule has 0 bridgehead atoms. The van der Waals surface area contributed by atoms with Gasteiger partial charge >= 0.3 is 0 Å². The van der Waals surface area contributed by atoms with Crippen LogP contribution in [0, 0.1) is 5.92 Å². The second-order valence-corrected chi connectivity index (χ2v) is 9.45. The molecule has 2 amide bonds. The Bertz CT molecular complexity index is 987. The standard InChI is InChI=1S/C23H31N3O4S/c1-5-26(6-2)31(29,30)20-14-10-13-19(15-20)22(27)25-21(17(3)4)23(28)24-16-18-11-8-7-9-12-18/h7-15,17,21H,5-6,16H2,1-4H3,(H,24,28)(H,25,27). The minimum atomic E-state index is -3.68. The lowest BCUT2D eigenvalue weighted by molar-refractivity contribution is -0.124. The molecule has 2 rings (SSSR count). The van der Waals surface area contributed by atoms with E-state index in [1.54, 1.807) is 13.8 Å². The molecule has 0 aliphatic carbocycles. The van der Waals surface area contributed by atoms with Crippen LogP contribution in [-0.4, -0.2) is 43.7 Å². The lowest BCUT2D eigenvalue weighted by Gasteiger charge is -2.22. The van der Waals surface area contributed by atoms with Crippen LogP contribution in [0.1, 0.15) is 43.6 Å². The maximum Gasteiger partial charge on any atom is 0.251 e. The molecule has 7 nitrogen and oxygen atoms in total. The number of nitrogens with zero attached hydrogens (tertiary/aromatic N) is 1. The number of benzene rings is 2. The third-order valence-electron chi connectivity index (χ3n) is 4.98. The van der Waals surface area contributed by atoms with E-state index in [4.69, 9.17) is 0 Å². The maximum atomic E-state index is 12.8. The van der Waals surface area contributed by atoms with E-state index >= 15 is 0 Å². The van der Waals surface area contributed by atoms with E-state index < -0.39 is 22.0 Å². The van der Waals surface area contributed by atoms with Crippen LogP contribution in [0.2, 0.25) is 0 Å². The topological polar surface area (TPSA) is 95.6 Å². The van der Waals surface area contributed by atoms with E-state index in [0.29, 0.717) is 19.6 Å². The quantitative estimate of drug-likeness (QED) is 0.588. The van der Waals surface area contributed by atoms with Gasteiger partial charge in [0, 0.05) is 25.2 Å². The van der Waals surface area contributed by atoms with Crippen LogP contribution in [0.25, 0.3) is 0 Å². The zero-order valence-electron chi connectivity index (χ0n) is 18.5. The van der Waals surface area contributed by atoms with Crippen molar-refractivity contribution in [2.24, 2.45) is 5.92 Å². The fourth-order valence-corrected chi connectivity index (χ4v) is 4.67. The van der Waals surface area contributed by atoms with Gasteiger partial charge in [-0.25, -0.2) is 8.42 Å². The summed E-state index contributed by atoms with van der Waals surface area (Å²) in [4.78, 5) is 25.6. The monoisotopic (exact) mass is 445 g/mol. The number of amides is 2. The first-order chi connectivity index (χ1) is 14.7. The van der Waals surface area contributed by atoms with Crippen LogP contribution in [-0.2, 0) is 21.4 Å². The van der Waals surface area contributed by atoms with Gasteiger partial charge in [-0.2, -0.15) is 4.31 Å². The minimum Gasteiger partial charge on any atom is -0.350 e. The molecule has 0 fully saturated rings. The predicted molar refractivity (Wildman–Crippen MR) is 121 cm³/mol. The molecule has 1 atom stereocenters. The molecule has 31 heavy (non-hydrogen) atoms. The first-order valence-corrected chi connectivity index (χ1v) is 11.9. The molecule has 2 N–H and O–H groups in total. The summed E-state index contributed by atoms with van der Waals surface area (Å²) in [5, 5.41) is 5.59. The predicted octanol–water partition coefficient (Wildman–Crippen LogP) is 2.79. The van der Waals surface area contributed by atoms with Crippen LogP contribution < -0.4 is 10.6 Å². The average Bonchev–Trinajstić information content (AvgIpc) is 2.77. The maximum absolute atomic E-state index is 12.8. The van der Waals surface area contributed by atoms with Crippen LogP contribution in [0.3, 0.4) is 0 Å². The van der Waals surface area contributed by atoms with Crippen LogP contribution in [0.4, 0.5) is 0 Å². The average molecular weight is 446 g/mol. The molecule has 0 saturated carbocycles. The Balaban J connectivity index is 2.15. The zero-order chi connectivity index (χ0) is 23.0. The van der Waals surface area contributed by atoms with Gasteiger partial charge in [0.25, 0.3) is 5.91 Å². The fraction of sp³-hybridized carbons (Fsp3) is 0.391. The lowest BCUT2D eigenvalue weighted by atomic mass is 10.0. The van der Waals surface area contributed by atoms with Crippen molar-refractivity contribution in [3.05, 3.63) is 65.7 Å². The lowest BCUT2D eigenvalue weighted by Crippen LogP contribution is -2.49. The van der Waals surface area contributed by atoms with E-state index in [2.05, 4.69) is 10.6 Å². The van der Waals surface area contributed by atoms with Gasteiger partial charge in [-0.1, -0.05) is 64.1 Å². The number of sulfonamides is 1. The highest BCUT2D eigenvalue weighted by molar-refractivity contribution is 7.89. The van der Waals surface area contributed by atoms with Crippen molar-refractivity contribution in [2.45, 2.75) is 45.2 Å². The third kappa shape index (κ3) is 6.38. The molecule has 2 aromatic carbocycles. The normalized spacial score (nSPS) is 12.6. The Kier molecular flexibility index (Phi) is 8.76. The van der Waals surface area contributed by atoms with Crippen molar-refractivity contribution >= 4 is 21.8 Å². The van der Waals surface area contributed by atoms with Crippen molar-refractivity contribution in [1.29, 1.82) is 0 Å². The number of carbonyl (C=O) groups is 2. The molecule has 0 aliphatic heterocycles. The Labute approximate surface area is 184 Å². The molecule has 0 aromatic heterocycles. The summed E-state index contributed by atoms with van der Waals surface area (Å²) >= 11 is 0. The molecule has 0 aliphatic rings. The van der Waals surface area contributed by atoms with Gasteiger partial charge in [0.2, 0.25) is 15.9 Å². The molecule has 0 radical (unpaired) electrons. The highest BCUT2D eigenvalue weighted by Gasteiger charge is 2.26. The van der Waals surface area contributed by atoms with E-state index in [9.17, 15) is 18.0 Å². The fourth-order valence-electron chi connectivity index (χ4n) is 3.16. The zero-order valence-corrected chi connectivity index (χ0v) is 19.3. The largest absolute Gasteiger partial charge is 0.350 e. The summed E-state index contributed by atoms with van der Waals surface area (Å²) in [7, 11) is -3.68. The van der Waals surface area contributed by atoms with Gasteiger partial charge in [0.1, 0.15) is 6.04 Å². The third-order valence-corrected chi connectivity index (χ3v) is 7.03. The first-order valence-electron chi connectivity index (χ1n) is 10.4. The van der Waals surface area contributed by atoms with Crippen LogP contribution >= 0.6 is 0 Å². The van der Waals surface area contributed by atoms with Crippen molar-refractivity contribution in [3.63, 3.8) is 0 Å². The number of hydrogen-bond acceptors (Lipinski definition) is 4. The number of rotatable bonds is 10. The number of carbonyl (C=O) groups excluding carboxylic acids is 2. The molecule has 0 spiro atoms. The molecule has 8 heteroatoms. The Morgan fingerprint density at radius 3 is 2.19 bits per heavy atom. The smallest absolute Gasteiger partial charge is 0.251 e. The van der Waals surface area contributed by atoms with Gasteiger partial charge < -0.3 is 10.6 Å². The first kappa shape index (κ1) is 24.6. The second-order valence-electron chi connectivity index (χ2n) is 7.52. The number of hydrogen-bond donors (Lipinski definition) is 2. The van der Waals surface area contributed by atoms with Crippen molar-refractivity contribution in [1.82, 2.24) is 14.9 Å². The number of nitrogens with one attached hydrogen (secondary N) is 2. The second kappa shape index (κ2) is 11.1. The van der Waals surface area contributed by atoms with Crippen LogP contribution in [0.15, 0.2) is 59.5 Å². The van der Waals surface area contributed by atoms with Gasteiger partial charge in [-0.05, 0) is 29.7 Å². The van der Waals surface area contributed by atoms with E-state index in [0.717, 1.165) is 5.56 Å². The van der Waals surface area contributed by atoms with Gasteiger partial charge in [-0.15, -0.1) is 0 Å². The molecular formula is C23H31N3O4S. The Hall–Kier alpha value is -2.71. The summed E-state index contributed by atoms with van der Waals surface area (Å²) < 4.78 is 26.8. The Morgan fingerprint density at radius 2 is 1.61 bits per heavy atom. The van der Waals surface area contributed by atoms with Gasteiger partial charge in [-0.3, -0.25) is 9.59 Å². The molecule has 0 saturated heterocycles. The summed E-state index contributed by atoms with van der Waals surface area (Å²) in [5.74, 6) is -0.938. The molecular weight excluding hydrogens is 414 g/mol.